The van der Waals surface area contributed by atoms with E-state index in [0.717, 1.165) is 108 Å². The molecule has 0 radical (unpaired) electrons. The van der Waals surface area contributed by atoms with Crippen LogP contribution in [0.3, 0.4) is 0 Å². The SMILES string of the molecule is CCCCCCCCCCCCC(=O)OC[C@H](COP(=O)(O)OC[C@H](O)COP(=O)(O)OC[C@@H](COC(=O)CCCCCCCCCCCCCCCC(C)C)OC(=O)CCCCCCCCCCCCCCCCC(C)CC)OC(=O)CCCCCCCCCCCCC(C)C. The van der Waals surface area contributed by atoms with Crippen LogP contribution in [0.15, 0.2) is 0 Å². The molecular weight excluding hydrogens is 1270 g/mol. The standard InChI is InChI=1S/C78H152O17P2/c1-8-10-11-12-13-14-31-38-45-52-59-75(80)88-65-73(95-78(83)62-55-48-41-34-27-26-29-36-43-50-57-70(5)6)67-92-96(84,85)90-63-72(79)64-91-97(86,87)93-68-74(66-89-76(81)60-53-46-39-32-24-21-17-18-22-28-35-42-49-56-69(3)4)94-77(82)61-54-47-40-33-25-20-16-15-19-23-30-37-44-51-58-71(7)9-2/h69-74,79H,8-68H2,1-7H3,(H,84,85)(H,86,87)/t71?,72-,73+,74+/m0/s1. The van der Waals surface area contributed by atoms with E-state index < -0.39 is 97.5 Å². The monoisotopic (exact) mass is 1420 g/mol. The first-order chi connectivity index (χ1) is 46.8. The number of aliphatic hydroxyl groups is 1. The molecule has 0 fully saturated rings. The quantitative estimate of drug-likeness (QED) is 0.0222. The zero-order valence-electron chi connectivity index (χ0n) is 63.5. The normalized spacial score (nSPS) is 14.3. The zero-order chi connectivity index (χ0) is 71.6. The van der Waals surface area contributed by atoms with Gasteiger partial charge in [-0.25, -0.2) is 9.13 Å². The maximum absolute atomic E-state index is 13.1. The van der Waals surface area contributed by atoms with Gasteiger partial charge in [-0.15, -0.1) is 0 Å². The van der Waals surface area contributed by atoms with Crippen molar-refractivity contribution < 1.29 is 80.2 Å². The molecule has 17 nitrogen and oxygen atoms in total. The van der Waals surface area contributed by atoms with E-state index >= 15 is 0 Å². The summed E-state index contributed by atoms with van der Waals surface area (Å²) in [5.41, 5.74) is 0. The lowest BCUT2D eigenvalue weighted by atomic mass is 9.99. The van der Waals surface area contributed by atoms with Crippen LogP contribution in [-0.2, 0) is 65.4 Å². The second-order valence-corrected chi connectivity index (χ2v) is 32.2. The van der Waals surface area contributed by atoms with Crippen LogP contribution in [0.4, 0.5) is 0 Å². The molecule has 0 heterocycles. The number of rotatable bonds is 76. The van der Waals surface area contributed by atoms with Gasteiger partial charge in [0.25, 0.3) is 0 Å². The fraction of sp³-hybridized carbons (Fsp3) is 0.949. The van der Waals surface area contributed by atoms with E-state index in [1.165, 1.54) is 212 Å². The maximum Gasteiger partial charge on any atom is 0.472 e. The summed E-state index contributed by atoms with van der Waals surface area (Å²) in [5, 5.41) is 10.6. The Morgan fingerprint density at radius 1 is 0.299 bits per heavy atom. The number of hydrogen-bond donors (Lipinski definition) is 3. The summed E-state index contributed by atoms with van der Waals surface area (Å²) in [6, 6.07) is 0. The second-order valence-electron chi connectivity index (χ2n) is 29.3. The molecule has 0 aliphatic rings. The third-order valence-electron chi connectivity index (χ3n) is 18.5. The topological polar surface area (TPSA) is 237 Å². The molecule has 3 N–H and O–H groups in total. The summed E-state index contributed by atoms with van der Waals surface area (Å²) in [7, 11) is -9.91. The van der Waals surface area contributed by atoms with Crippen molar-refractivity contribution in [3.63, 3.8) is 0 Å². The predicted molar refractivity (Wildman–Crippen MR) is 395 cm³/mol. The van der Waals surface area contributed by atoms with Crippen LogP contribution < -0.4 is 0 Å². The number of carbonyl (C=O) groups excluding carboxylic acids is 4. The smallest absolute Gasteiger partial charge is 0.462 e. The third-order valence-corrected chi connectivity index (χ3v) is 20.4. The van der Waals surface area contributed by atoms with Gasteiger partial charge in [-0.05, 0) is 43.4 Å². The lowest BCUT2D eigenvalue weighted by molar-refractivity contribution is -0.161. The molecule has 0 aromatic rings. The molecule has 97 heavy (non-hydrogen) atoms. The number of esters is 4. The van der Waals surface area contributed by atoms with Crippen LogP contribution in [0, 0.1) is 17.8 Å². The van der Waals surface area contributed by atoms with Crippen molar-refractivity contribution in [3.05, 3.63) is 0 Å². The Kier molecular flexibility index (Phi) is 67.1. The van der Waals surface area contributed by atoms with E-state index in [2.05, 4.69) is 48.5 Å². The van der Waals surface area contributed by atoms with Gasteiger partial charge in [0.1, 0.15) is 19.3 Å². The number of aliphatic hydroxyl groups excluding tert-OH is 1. The molecule has 0 rings (SSSR count). The Balaban J connectivity index is 5.25. The number of unbranched alkanes of at least 4 members (excludes halogenated alkanes) is 43. The average Bonchev–Trinajstić information content (AvgIpc) is 1.05. The second kappa shape index (κ2) is 68.5. The summed E-state index contributed by atoms with van der Waals surface area (Å²) in [6.45, 7) is 12.0. The minimum Gasteiger partial charge on any atom is -0.462 e. The van der Waals surface area contributed by atoms with E-state index in [9.17, 15) is 43.2 Å². The van der Waals surface area contributed by atoms with E-state index in [1.54, 1.807) is 0 Å². The number of phosphoric acid groups is 2. The van der Waals surface area contributed by atoms with Gasteiger partial charge in [-0.3, -0.25) is 37.3 Å². The highest BCUT2D eigenvalue weighted by Gasteiger charge is 2.30. The molecule has 0 amide bonds. The minimum absolute atomic E-state index is 0.106. The zero-order valence-corrected chi connectivity index (χ0v) is 65.3. The molecular formula is C78H152O17P2. The Morgan fingerprint density at radius 3 is 0.784 bits per heavy atom. The first kappa shape index (κ1) is 95.1. The Hall–Kier alpha value is -1.94. The van der Waals surface area contributed by atoms with E-state index in [0.29, 0.717) is 25.7 Å². The summed E-state index contributed by atoms with van der Waals surface area (Å²) in [5.74, 6) is 0.275. The highest BCUT2D eigenvalue weighted by molar-refractivity contribution is 7.47. The highest BCUT2D eigenvalue weighted by Crippen LogP contribution is 2.45. The van der Waals surface area contributed by atoms with Crippen LogP contribution in [-0.4, -0.2) is 96.7 Å². The molecule has 19 heteroatoms. The molecule has 0 bridgehead atoms. The molecule has 0 saturated carbocycles. The fourth-order valence-electron chi connectivity index (χ4n) is 11.9. The number of ether oxygens (including phenoxy) is 4. The maximum atomic E-state index is 13.1. The predicted octanol–water partition coefficient (Wildman–Crippen LogP) is 23.0. The highest BCUT2D eigenvalue weighted by atomic mass is 31.2. The van der Waals surface area contributed by atoms with Gasteiger partial charge in [0.05, 0.1) is 26.4 Å². The van der Waals surface area contributed by atoms with E-state index in [1.807, 2.05) is 0 Å². The summed E-state index contributed by atoms with van der Waals surface area (Å²) >= 11 is 0. The largest absolute Gasteiger partial charge is 0.472 e. The van der Waals surface area contributed by atoms with Crippen molar-refractivity contribution in [2.45, 2.75) is 420 Å². The first-order valence-corrected chi connectivity index (χ1v) is 43.4. The van der Waals surface area contributed by atoms with Gasteiger partial charge < -0.3 is 33.8 Å². The first-order valence-electron chi connectivity index (χ1n) is 40.4. The lowest BCUT2D eigenvalue weighted by Gasteiger charge is -2.21. The van der Waals surface area contributed by atoms with Gasteiger partial charge in [-0.2, -0.15) is 0 Å². The molecule has 0 saturated heterocycles. The molecule has 0 aliphatic carbocycles. The number of hydrogen-bond acceptors (Lipinski definition) is 15. The van der Waals surface area contributed by atoms with Gasteiger partial charge in [0.2, 0.25) is 0 Å². The van der Waals surface area contributed by atoms with E-state index in [4.69, 9.17) is 37.0 Å². The summed E-state index contributed by atoms with van der Waals surface area (Å²) in [4.78, 5) is 72.9. The third kappa shape index (κ3) is 70.9. The molecule has 0 spiro atoms. The van der Waals surface area contributed by atoms with Crippen LogP contribution >= 0.6 is 15.6 Å². The molecule has 3 unspecified atom stereocenters. The van der Waals surface area contributed by atoms with Gasteiger partial charge in [0.15, 0.2) is 12.2 Å². The molecule has 6 atom stereocenters. The Morgan fingerprint density at radius 2 is 0.526 bits per heavy atom. The van der Waals surface area contributed by atoms with Crippen LogP contribution in [0.2, 0.25) is 0 Å². The van der Waals surface area contributed by atoms with Crippen LogP contribution in [0.1, 0.15) is 402 Å². The lowest BCUT2D eigenvalue weighted by Crippen LogP contribution is -2.30. The number of carbonyl (C=O) groups is 4. The molecule has 0 aromatic carbocycles. The van der Waals surface area contributed by atoms with E-state index in [-0.39, 0.29) is 25.7 Å². The van der Waals surface area contributed by atoms with Crippen molar-refractivity contribution in [1.82, 2.24) is 0 Å². The fourth-order valence-corrected chi connectivity index (χ4v) is 13.5. The van der Waals surface area contributed by atoms with Gasteiger partial charge in [0, 0.05) is 25.7 Å². The van der Waals surface area contributed by atoms with Crippen molar-refractivity contribution in [3.8, 4) is 0 Å². The summed E-state index contributed by atoms with van der Waals surface area (Å²) < 4.78 is 68.6. The molecule has 0 aliphatic heterocycles. The average molecular weight is 1420 g/mol. The van der Waals surface area contributed by atoms with Crippen LogP contribution in [0.5, 0.6) is 0 Å². The van der Waals surface area contributed by atoms with Gasteiger partial charge in [-0.1, -0.05) is 350 Å². The van der Waals surface area contributed by atoms with Crippen molar-refractivity contribution in [2.75, 3.05) is 39.6 Å². The van der Waals surface area contributed by atoms with Crippen molar-refractivity contribution >= 4 is 39.5 Å². The Labute approximate surface area is 594 Å². The number of phosphoric ester groups is 2. The Bertz CT molecular complexity index is 1890. The van der Waals surface area contributed by atoms with Crippen molar-refractivity contribution in [2.24, 2.45) is 17.8 Å². The molecule has 0 aromatic heterocycles. The van der Waals surface area contributed by atoms with Crippen LogP contribution in [0.25, 0.3) is 0 Å². The minimum atomic E-state index is -4.96. The van der Waals surface area contributed by atoms with Crippen molar-refractivity contribution in [1.29, 1.82) is 0 Å². The van der Waals surface area contributed by atoms with Gasteiger partial charge >= 0.3 is 39.5 Å². The summed E-state index contributed by atoms with van der Waals surface area (Å²) in [6.07, 6.45) is 55.3. The molecule has 576 valence electrons.